The van der Waals surface area contributed by atoms with Gasteiger partial charge in [0, 0.05) is 6.42 Å². The Bertz CT molecular complexity index is 789. The molecule has 1 fully saturated rings. The third-order valence-corrected chi connectivity index (χ3v) is 3.94. The van der Waals surface area contributed by atoms with Crippen molar-refractivity contribution in [3.8, 4) is 5.75 Å². The summed E-state index contributed by atoms with van der Waals surface area (Å²) in [5.41, 5.74) is -0.765. The summed E-state index contributed by atoms with van der Waals surface area (Å²) in [6.07, 6.45) is -6.06. The highest BCUT2D eigenvalue weighted by molar-refractivity contribution is 6.24. The minimum Gasteiger partial charge on any atom is -0.507 e. The first kappa shape index (κ1) is 16.0. The van der Waals surface area contributed by atoms with Crippen molar-refractivity contribution in [1.29, 1.82) is 0 Å². The van der Waals surface area contributed by atoms with Crippen molar-refractivity contribution < 1.29 is 37.5 Å². The molecule has 2 aliphatic rings. The molecule has 2 N–H and O–H groups in total. The largest absolute Gasteiger partial charge is 0.507 e. The number of phenolic OH excluding ortho intramolecular Hbond substituents is 1. The van der Waals surface area contributed by atoms with E-state index >= 15 is 0 Å². The summed E-state index contributed by atoms with van der Waals surface area (Å²) in [5.74, 6) is -7.96. The highest BCUT2D eigenvalue weighted by Gasteiger charge is 2.57. The van der Waals surface area contributed by atoms with Crippen LogP contribution >= 0.6 is 0 Å². The first-order chi connectivity index (χ1) is 11.1. The lowest BCUT2D eigenvalue weighted by Gasteiger charge is -2.35. The fourth-order valence-corrected chi connectivity index (χ4v) is 2.89. The number of piperidine rings is 1. The van der Waals surface area contributed by atoms with Crippen LogP contribution in [0.2, 0.25) is 0 Å². The van der Waals surface area contributed by atoms with Crippen molar-refractivity contribution >= 4 is 23.6 Å². The highest BCUT2D eigenvalue weighted by Crippen LogP contribution is 2.39. The Morgan fingerprint density at radius 1 is 1.12 bits per heavy atom. The van der Waals surface area contributed by atoms with E-state index in [0.29, 0.717) is 0 Å². The normalized spacial score (nSPS) is 24.2. The molecule has 0 unspecified atom stereocenters. The van der Waals surface area contributed by atoms with E-state index < -0.39 is 59.5 Å². The van der Waals surface area contributed by atoms with E-state index in [1.165, 1.54) is 6.07 Å². The lowest BCUT2D eigenvalue weighted by atomic mass is 9.89. The third-order valence-electron chi connectivity index (χ3n) is 3.94. The summed E-state index contributed by atoms with van der Waals surface area (Å²) in [6.45, 7) is 0. The number of carbonyl (C=O) groups is 4. The zero-order valence-electron chi connectivity index (χ0n) is 11.8. The summed E-state index contributed by atoms with van der Waals surface area (Å²) in [4.78, 5) is 48.0. The van der Waals surface area contributed by atoms with Crippen molar-refractivity contribution in [2.24, 2.45) is 5.92 Å². The molecule has 0 aliphatic carbocycles. The SMILES string of the molecule is O=C1C[C@H](C(F)(F)F)[C@@H](N2C(=O)c3cccc(O)c3C2=O)C(=O)N1. The average molecular weight is 342 g/mol. The van der Waals surface area contributed by atoms with Gasteiger partial charge in [-0.1, -0.05) is 6.07 Å². The number of carbonyl (C=O) groups excluding carboxylic acids is 4. The second-order valence-electron chi connectivity index (χ2n) is 5.39. The van der Waals surface area contributed by atoms with Crippen LogP contribution in [0.3, 0.4) is 0 Å². The van der Waals surface area contributed by atoms with Gasteiger partial charge in [0.2, 0.25) is 5.91 Å². The van der Waals surface area contributed by atoms with Gasteiger partial charge in [0.15, 0.2) is 0 Å². The quantitative estimate of drug-likeness (QED) is 0.727. The van der Waals surface area contributed by atoms with Gasteiger partial charge >= 0.3 is 6.18 Å². The van der Waals surface area contributed by atoms with Gasteiger partial charge < -0.3 is 5.11 Å². The number of hydrogen-bond acceptors (Lipinski definition) is 5. The monoisotopic (exact) mass is 342 g/mol. The average Bonchev–Trinajstić information content (AvgIpc) is 2.71. The van der Waals surface area contributed by atoms with Crippen LogP contribution in [0, 0.1) is 5.92 Å². The zero-order chi connectivity index (χ0) is 17.8. The van der Waals surface area contributed by atoms with Crippen molar-refractivity contribution in [2.45, 2.75) is 18.6 Å². The number of rotatable bonds is 1. The van der Waals surface area contributed by atoms with Crippen molar-refractivity contribution in [1.82, 2.24) is 10.2 Å². The topological polar surface area (TPSA) is 104 Å². The number of benzene rings is 1. The van der Waals surface area contributed by atoms with Gasteiger partial charge in [0.05, 0.1) is 17.0 Å². The number of fused-ring (bicyclic) bond motifs is 1. The second-order valence-corrected chi connectivity index (χ2v) is 5.39. The molecule has 7 nitrogen and oxygen atoms in total. The molecule has 2 aliphatic heterocycles. The number of nitrogens with zero attached hydrogens (tertiary/aromatic N) is 1. The van der Waals surface area contributed by atoms with Gasteiger partial charge in [-0.25, -0.2) is 0 Å². The molecular formula is C14H9F3N2O5. The molecular weight excluding hydrogens is 333 g/mol. The maximum absolute atomic E-state index is 13.2. The van der Waals surface area contributed by atoms with Crippen LogP contribution in [0.1, 0.15) is 27.1 Å². The Balaban J connectivity index is 2.09. The number of alkyl halides is 3. The van der Waals surface area contributed by atoms with E-state index in [9.17, 15) is 37.5 Å². The van der Waals surface area contributed by atoms with Gasteiger partial charge in [-0.05, 0) is 12.1 Å². The Morgan fingerprint density at radius 2 is 1.79 bits per heavy atom. The summed E-state index contributed by atoms with van der Waals surface area (Å²) in [6, 6.07) is 1.28. The number of halogens is 3. The molecule has 1 aromatic rings. The summed E-state index contributed by atoms with van der Waals surface area (Å²) in [7, 11) is 0. The smallest absolute Gasteiger partial charge is 0.394 e. The molecule has 0 bridgehead atoms. The van der Waals surface area contributed by atoms with Gasteiger partial charge in [-0.2, -0.15) is 13.2 Å². The van der Waals surface area contributed by atoms with Crippen LogP contribution in [-0.4, -0.2) is 45.9 Å². The van der Waals surface area contributed by atoms with E-state index in [4.69, 9.17) is 0 Å². The van der Waals surface area contributed by atoms with E-state index in [-0.39, 0.29) is 10.5 Å². The molecule has 1 saturated heterocycles. The van der Waals surface area contributed by atoms with Crippen molar-refractivity contribution in [2.75, 3.05) is 0 Å². The first-order valence-corrected chi connectivity index (χ1v) is 6.73. The van der Waals surface area contributed by atoms with Crippen LogP contribution in [0.5, 0.6) is 5.75 Å². The van der Waals surface area contributed by atoms with Crippen LogP contribution < -0.4 is 5.32 Å². The fraction of sp³-hybridized carbons (Fsp3) is 0.286. The lowest BCUT2D eigenvalue weighted by molar-refractivity contribution is -0.197. The van der Waals surface area contributed by atoms with Crippen LogP contribution in [0.4, 0.5) is 13.2 Å². The maximum Gasteiger partial charge on any atom is 0.394 e. The Labute approximate surface area is 132 Å². The molecule has 0 saturated carbocycles. The van der Waals surface area contributed by atoms with Crippen LogP contribution in [0.25, 0.3) is 0 Å². The van der Waals surface area contributed by atoms with E-state index in [1.807, 2.05) is 0 Å². The number of nitrogens with one attached hydrogen (secondary N) is 1. The van der Waals surface area contributed by atoms with E-state index in [0.717, 1.165) is 12.1 Å². The molecule has 0 spiro atoms. The molecule has 4 amide bonds. The predicted octanol–water partition coefficient (Wildman–Crippen LogP) is 0.582. The van der Waals surface area contributed by atoms with Crippen LogP contribution in [0.15, 0.2) is 18.2 Å². The molecule has 2 atom stereocenters. The number of hydrogen-bond donors (Lipinski definition) is 2. The predicted molar refractivity (Wildman–Crippen MR) is 69.7 cm³/mol. The molecule has 10 heteroatoms. The Kier molecular flexibility index (Phi) is 3.36. The molecule has 0 radical (unpaired) electrons. The molecule has 0 aromatic heterocycles. The molecule has 3 rings (SSSR count). The van der Waals surface area contributed by atoms with Gasteiger partial charge in [-0.3, -0.25) is 29.4 Å². The minimum absolute atomic E-state index is 0.157. The molecule has 2 heterocycles. The van der Waals surface area contributed by atoms with E-state index in [2.05, 4.69) is 0 Å². The standard InChI is InChI=1S/C14H9F3N2O5/c15-14(16,17)6-4-8(21)18-11(22)10(6)19-12(23)5-2-1-3-7(20)9(5)13(19)24/h1-3,6,10,20H,4H2,(H,18,21,22)/t6-,10+/m0/s1. The Hall–Kier alpha value is -2.91. The van der Waals surface area contributed by atoms with Gasteiger partial charge in [0.25, 0.3) is 17.7 Å². The van der Waals surface area contributed by atoms with E-state index in [1.54, 1.807) is 5.32 Å². The highest BCUT2D eigenvalue weighted by atomic mass is 19.4. The first-order valence-electron chi connectivity index (χ1n) is 6.73. The molecule has 24 heavy (non-hydrogen) atoms. The van der Waals surface area contributed by atoms with Gasteiger partial charge in [-0.15, -0.1) is 0 Å². The summed E-state index contributed by atoms with van der Waals surface area (Å²) >= 11 is 0. The number of phenols is 1. The number of imide groups is 2. The number of aromatic hydroxyl groups is 1. The molecule has 126 valence electrons. The van der Waals surface area contributed by atoms with Crippen molar-refractivity contribution in [3.63, 3.8) is 0 Å². The molecule has 1 aromatic carbocycles. The zero-order valence-corrected chi connectivity index (χ0v) is 11.8. The van der Waals surface area contributed by atoms with Gasteiger partial charge in [0.1, 0.15) is 11.8 Å². The summed E-state index contributed by atoms with van der Waals surface area (Å²) < 4.78 is 39.7. The fourth-order valence-electron chi connectivity index (χ4n) is 2.89. The van der Waals surface area contributed by atoms with Crippen molar-refractivity contribution in [3.05, 3.63) is 29.3 Å². The summed E-state index contributed by atoms with van der Waals surface area (Å²) in [5, 5.41) is 11.4. The lowest BCUT2D eigenvalue weighted by Crippen LogP contribution is -2.61. The number of amides is 4. The second kappa shape index (κ2) is 5.05. The maximum atomic E-state index is 13.2. The minimum atomic E-state index is -4.98. The Morgan fingerprint density at radius 3 is 2.38 bits per heavy atom. The van der Waals surface area contributed by atoms with Crippen LogP contribution in [-0.2, 0) is 9.59 Å². The third kappa shape index (κ3) is 2.22.